The zero-order valence-electron chi connectivity index (χ0n) is 6.79. The minimum Gasteiger partial charge on any atom is -0.870 e. The Morgan fingerprint density at radius 3 is 2.30 bits per heavy atom. The van der Waals surface area contributed by atoms with E-state index in [1.165, 1.54) is 0 Å². The molecule has 0 aromatic rings. The number of nitrogens with one attached hydrogen (secondary N) is 1. The highest BCUT2D eigenvalue weighted by atomic mass is 16.9. The fraction of sp³-hybridized carbons (Fsp3) is 1.00. The lowest BCUT2D eigenvalue weighted by molar-refractivity contribution is -1.24. The first-order valence-corrected chi connectivity index (χ1v) is 3.34. The van der Waals surface area contributed by atoms with Crippen molar-refractivity contribution in [3.63, 3.8) is 0 Å². The molecule has 10 heavy (non-hydrogen) atoms. The van der Waals surface area contributed by atoms with Gasteiger partial charge in [-0.15, -0.1) is 0 Å². The summed E-state index contributed by atoms with van der Waals surface area (Å²) in [5.41, 5.74) is 0. The molecular weight excluding hydrogens is 134 g/mol. The van der Waals surface area contributed by atoms with Gasteiger partial charge in [0.1, 0.15) is 13.2 Å². The Labute approximate surface area is 61.6 Å². The van der Waals surface area contributed by atoms with Crippen LogP contribution in [0.2, 0.25) is 0 Å². The van der Waals surface area contributed by atoms with Crippen LogP contribution >= 0.6 is 0 Å². The molecule has 64 valence electrons. The second-order valence-electron chi connectivity index (χ2n) is 2.42. The predicted molar refractivity (Wildman–Crippen MR) is 36.0 cm³/mol. The summed E-state index contributed by atoms with van der Waals surface area (Å²) in [5, 5.41) is 9.07. The highest BCUT2D eigenvalue weighted by Gasteiger charge is 2.05. The maximum absolute atomic E-state index is 8.91. The van der Waals surface area contributed by atoms with Gasteiger partial charge in [0.2, 0.25) is 0 Å². The van der Waals surface area contributed by atoms with Crippen molar-refractivity contribution >= 4 is 0 Å². The van der Waals surface area contributed by atoms with Gasteiger partial charge < -0.3 is 5.48 Å². The molecule has 3 N–H and O–H groups in total. The highest BCUT2D eigenvalue weighted by molar-refractivity contribution is 4.32. The van der Waals surface area contributed by atoms with E-state index in [0.29, 0.717) is 19.1 Å². The molecule has 0 bridgehead atoms. The Morgan fingerprint density at radius 2 is 2.00 bits per heavy atom. The molecule has 0 rings (SSSR count). The second kappa shape index (κ2) is 6.95. The number of hydrogen-bond acceptors (Lipinski definition) is 3. The van der Waals surface area contributed by atoms with Gasteiger partial charge in [-0.2, -0.15) is 10.0 Å². The monoisotopic (exact) mass is 151 g/mol. The van der Waals surface area contributed by atoms with Crippen molar-refractivity contribution in [1.82, 2.24) is 0 Å². The fourth-order valence-electron chi connectivity index (χ4n) is 0.575. The Balaban J connectivity index is 0. The first-order chi connectivity index (χ1) is 4.16. The fourth-order valence-corrected chi connectivity index (χ4v) is 0.575. The van der Waals surface area contributed by atoms with Crippen LogP contribution in [0.25, 0.3) is 0 Å². The Kier molecular flexibility index (Phi) is 8.70. The zero-order valence-corrected chi connectivity index (χ0v) is 6.79. The maximum atomic E-state index is 8.91. The van der Waals surface area contributed by atoms with Crippen LogP contribution in [0.15, 0.2) is 0 Å². The molecule has 0 fully saturated rings. The van der Waals surface area contributed by atoms with Crippen molar-refractivity contribution in [1.29, 1.82) is 0 Å². The van der Waals surface area contributed by atoms with Crippen molar-refractivity contribution in [2.45, 2.75) is 20.8 Å². The van der Waals surface area contributed by atoms with Crippen LogP contribution in [-0.4, -0.2) is 23.8 Å². The minimum atomic E-state index is 0. The van der Waals surface area contributed by atoms with Gasteiger partial charge in [0, 0.05) is 5.92 Å². The van der Waals surface area contributed by atoms with Crippen LogP contribution in [0.5, 0.6) is 0 Å². The average molecular weight is 151 g/mol. The third-order valence-electron chi connectivity index (χ3n) is 0.894. The molecule has 0 aromatic carbocycles. The first kappa shape index (κ1) is 12.5. The number of hydroxylamine groups is 2. The van der Waals surface area contributed by atoms with Gasteiger partial charge in [-0.1, -0.05) is 19.1 Å². The van der Waals surface area contributed by atoms with Crippen LogP contribution in [0.3, 0.4) is 0 Å². The predicted octanol–water partition coefficient (Wildman–Crippen LogP) is -0.309. The third-order valence-corrected chi connectivity index (χ3v) is 0.894. The molecule has 0 aliphatic rings. The maximum Gasteiger partial charge on any atom is 0.142 e. The molecule has 0 aliphatic carbocycles. The summed E-state index contributed by atoms with van der Waals surface area (Å²) in [6, 6.07) is 0. The third kappa shape index (κ3) is 7.84. The molecule has 0 saturated carbocycles. The molecule has 0 saturated heterocycles. The van der Waals surface area contributed by atoms with Crippen LogP contribution < -0.4 is 5.23 Å². The summed E-state index contributed by atoms with van der Waals surface area (Å²) in [6.45, 7) is 7.13. The van der Waals surface area contributed by atoms with E-state index in [0.717, 1.165) is 0 Å². The molecule has 1 atom stereocenters. The van der Waals surface area contributed by atoms with E-state index >= 15 is 0 Å². The van der Waals surface area contributed by atoms with Crippen molar-refractivity contribution < 1.29 is 20.7 Å². The Morgan fingerprint density at radius 1 is 1.50 bits per heavy atom. The summed E-state index contributed by atoms with van der Waals surface area (Å²) in [6.07, 6.45) is 0. The number of hydrogen-bond donors (Lipinski definition) is 2. The lowest BCUT2D eigenvalue weighted by Crippen LogP contribution is -3.09. The quantitative estimate of drug-likeness (QED) is 0.542. The van der Waals surface area contributed by atoms with Crippen LogP contribution in [0.4, 0.5) is 0 Å². The normalized spacial score (nSPS) is 12.9. The van der Waals surface area contributed by atoms with Crippen molar-refractivity contribution in [2.75, 3.05) is 13.2 Å². The lowest BCUT2D eigenvalue weighted by Gasteiger charge is -2.09. The van der Waals surface area contributed by atoms with E-state index in [-0.39, 0.29) is 10.7 Å². The van der Waals surface area contributed by atoms with Crippen molar-refractivity contribution in [3.05, 3.63) is 0 Å². The van der Waals surface area contributed by atoms with Gasteiger partial charge in [-0.3, -0.25) is 0 Å². The molecule has 0 aromatic heterocycles. The molecule has 1 unspecified atom stereocenters. The molecular formula is C6H17NO3. The van der Waals surface area contributed by atoms with E-state index in [2.05, 4.69) is 0 Å². The first-order valence-electron chi connectivity index (χ1n) is 3.34. The largest absolute Gasteiger partial charge is 0.870 e. The van der Waals surface area contributed by atoms with Gasteiger partial charge >= 0.3 is 0 Å². The van der Waals surface area contributed by atoms with Crippen LogP contribution in [0.1, 0.15) is 20.8 Å². The number of quaternary nitrogens is 1. The van der Waals surface area contributed by atoms with Crippen LogP contribution in [-0.2, 0) is 4.84 Å². The summed E-state index contributed by atoms with van der Waals surface area (Å²) < 4.78 is 0. The van der Waals surface area contributed by atoms with Gasteiger partial charge in [0.15, 0.2) is 0 Å². The SMILES string of the molecule is CCO[NH+](O)CC(C)C.[OH-]. The molecule has 0 amide bonds. The van der Waals surface area contributed by atoms with Gasteiger partial charge in [0.05, 0.1) is 0 Å². The summed E-state index contributed by atoms with van der Waals surface area (Å²) >= 11 is 0. The topological polar surface area (TPSA) is 63.9 Å². The standard InChI is InChI=1S/C6H15NO2.H2O/c1-4-9-7(8)5-6(2)3;/h6,8H,4-5H2,1-3H3;1H2. The second-order valence-corrected chi connectivity index (χ2v) is 2.42. The molecule has 0 spiro atoms. The molecule has 0 aliphatic heterocycles. The van der Waals surface area contributed by atoms with Crippen molar-refractivity contribution in [3.8, 4) is 0 Å². The molecule has 4 heteroatoms. The van der Waals surface area contributed by atoms with Crippen molar-refractivity contribution in [2.24, 2.45) is 5.92 Å². The van der Waals surface area contributed by atoms with Gasteiger partial charge in [0.25, 0.3) is 0 Å². The lowest BCUT2D eigenvalue weighted by atomic mass is 10.2. The van der Waals surface area contributed by atoms with E-state index in [1.807, 2.05) is 20.8 Å². The van der Waals surface area contributed by atoms with Gasteiger partial charge in [-0.25, -0.2) is 0 Å². The molecule has 0 radical (unpaired) electrons. The smallest absolute Gasteiger partial charge is 0.142 e. The minimum absolute atomic E-state index is 0. The Bertz CT molecular complexity index is 68.0. The van der Waals surface area contributed by atoms with E-state index in [9.17, 15) is 0 Å². The highest BCUT2D eigenvalue weighted by Crippen LogP contribution is 1.82. The van der Waals surface area contributed by atoms with Gasteiger partial charge in [-0.05, 0) is 6.92 Å². The number of rotatable bonds is 4. The summed E-state index contributed by atoms with van der Waals surface area (Å²) in [4.78, 5) is 4.82. The average Bonchev–Trinajstić information content (AvgIpc) is 1.63. The Hall–Kier alpha value is -0.160. The zero-order chi connectivity index (χ0) is 7.28. The molecule has 0 heterocycles. The molecule has 4 nitrogen and oxygen atoms in total. The van der Waals surface area contributed by atoms with E-state index in [4.69, 9.17) is 10.0 Å². The van der Waals surface area contributed by atoms with Crippen LogP contribution in [0, 0.1) is 5.92 Å². The van der Waals surface area contributed by atoms with E-state index < -0.39 is 0 Å². The van der Waals surface area contributed by atoms with E-state index in [1.54, 1.807) is 0 Å². The summed E-state index contributed by atoms with van der Waals surface area (Å²) in [7, 11) is 0. The summed E-state index contributed by atoms with van der Waals surface area (Å²) in [5.74, 6) is 0.469.